The lowest BCUT2D eigenvalue weighted by Gasteiger charge is -2.61. The number of rotatable bonds is 8. The molecule has 0 amide bonds. The summed E-state index contributed by atoms with van der Waals surface area (Å²) in [6.45, 7) is 7.83. The summed E-state index contributed by atoms with van der Waals surface area (Å²) in [5.74, 6) is 4.23. The van der Waals surface area contributed by atoms with Crippen molar-refractivity contribution in [2.45, 2.75) is 104 Å². The zero-order valence-electron chi connectivity index (χ0n) is 25.9. The van der Waals surface area contributed by atoms with Crippen molar-refractivity contribution in [2.75, 3.05) is 26.1 Å². The number of carbonyl (C=O) groups excluding carboxylic acids is 2. The van der Waals surface area contributed by atoms with Gasteiger partial charge in [-0.15, -0.1) is 0 Å². The van der Waals surface area contributed by atoms with Gasteiger partial charge in [0.1, 0.15) is 6.10 Å². The molecule has 0 unspecified atom stereocenters. The number of hydrogen-bond donors (Lipinski definition) is 0. The van der Waals surface area contributed by atoms with Crippen molar-refractivity contribution in [3.05, 3.63) is 24.5 Å². The normalized spacial score (nSPS) is 37.5. The summed E-state index contributed by atoms with van der Waals surface area (Å²) in [6, 6.07) is 4.06. The molecule has 4 aliphatic carbocycles. The first kappa shape index (κ1) is 29.4. The maximum atomic E-state index is 12.8. The van der Waals surface area contributed by atoms with E-state index in [-0.39, 0.29) is 24.6 Å². The van der Waals surface area contributed by atoms with Crippen LogP contribution in [-0.2, 0) is 25.6 Å². The molecule has 0 aliphatic heterocycles. The summed E-state index contributed by atoms with van der Waals surface area (Å²) in [5, 5.41) is 0. The molecule has 6 nitrogen and oxygen atoms in total. The van der Waals surface area contributed by atoms with E-state index >= 15 is 0 Å². The van der Waals surface area contributed by atoms with Gasteiger partial charge in [0.2, 0.25) is 6.54 Å². The van der Waals surface area contributed by atoms with E-state index < -0.39 is 0 Å². The van der Waals surface area contributed by atoms with Gasteiger partial charge in [-0.2, -0.15) is 4.57 Å². The number of esters is 2. The fourth-order valence-electron chi connectivity index (χ4n) is 10.2. The van der Waals surface area contributed by atoms with Gasteiger partial charge in [-0.3, -0.25) is 4.79 Å². The van der Waals surface area contributed by atoms with Crippen LogP contribution < -0.4 is 9.47 Å². The first-order valence-corrected chi connectivity index (χ1v) is 16.0. The largest absolute Gasteiger partial charge is 0.469 e. The Labute approximate surface area is 242 Å². The number of carbonyl (C=O) groups is 2. The number of aromatic nitrogens is 1. The van der Waals surface area contributed by atoms with Crippen molar-refractivity contribution >= 4 is 17.6 Å². The molecule has 0 N–H and O–H groups in total. The Morgan fingerprint density at radius 1 is 0.975 bits per heavy atom. The highest BCUT2D eigenvalue weighted by Gasteiger charge is 2.60. The van der Waals surface area contributed by atoms with E-state index in [1.165, 1.54) is 52.1 Å². The monoisotopic (exact) mass is 553 g/mol. The highest BCUT2D eigenvalue weighted by atomic mass is 16.5. The van der Waals surface area contributed by atoms with E-state index in [4.69, 9.17) is 9.47 Å². The van der Waals surface area contributed by atoms with Crippen molar-refractivity contribution in [1.29, 1.82) is 0 Å². The van der Waals surface area contributed by atoms with Crippen LogP contribution >= 0.6 is 0 Å². The van der Waals surface area contributed by atoms with Gasteiger partial charge in [0.25, 0.3) is 0 Å². The predicted octanol–water partition coefficient (Wildman–Crippen LogP) is 6.20. The highest BCUT2D eigenvalue weighted by molar-refractivity contribution is 5.69. The van der Waals surface area contributed by atoms with Crippen LogP contribution in [0.2, 0.25) is 0 Å². The summed E-state index contributed by atoms with van der Waals surface area (Å²) in [6.07, 6.45) is 16.7. The van der Waals surface area contributed by atoms with Crippen LogP contribution in [0.15, 0.2) is 24.5 Å². The molecule has 0 radical (unpaired) electrons. The minimum absolute atomic E-state index is 0.0594. The van der Waals surface area contributed by atoms with Crippen LogP contribution in [0.4, 0.5) is 5.69 Å². The maximum absolute atomic E-state index is 12.8. The minimum Gasteiger partial charge on any atom is -0.469 e. The number of nitrogens with zero attached hydrogens (tertiary/aromatic N) is 2. The van der Waals surface area contributed by atoms with E-state index in [0.717, 1.165) is 48.6 Å². The molecule has 4 fully saturated rings. The number of anilines is 1. The van der Waals surface area contributed by atoms with E-state index in [9.17, 15) is 9.59 Å². The summed E-state index contributed by atoms with van der Waals surface area (Å²) >= 11 is 0. The lowest BCUT2D eigenvalue weighted by molar-refractivity contribution is -0.686. The van der Waals surface area contributed by atoms with Crippen LogP contribution in [0.25, 0.3) is 0 Å². The molecule has 6 heteroatoms. The molecule has 1 aromatic rings. The Kier molecular flexibility index (Phi) is 8.55. The van der Waals surface area contributed by atoms with Gasteiger partial charge in [0, 0.05) is 38.3 Å². The second-order valence-corrected chi connectivity index (χ2v) is 14.5. The third-order valence-electron chi connectivity index (χ3n) is 12.4. The van der Waals surface area contributed by atoms with Gasteiger partial charge in [0.05, 0.1) is 7.11 Å². The lowest BCUT2D eigenvalue weighted by atomic mass is 9.44. The first-order valence-electron chi connectivity index (χ1n) is 16.0. The average molecular weight is 554 g/mol. The average Bonchev–Trinajstić information content (AvgIpc) is 3.29. The lowest BCUT2D eigenvalue weighted by Crippen LogP contribution is -2.54. The first-order chi connectivity index (χ1) is 19.0. The highest BCUT2D eigenvalue weighted by Crippen LogP contribution is 2.68. The van der Waals surface area contributed by atoms with Gasteiger partial charge in [-0.25, -0.2) is 4.79 Å². The van der Waals surface area contributed by atoms with Crippen LogP contribution in [0.3, 0.4) is 0 Å². The third-order valence-corrected chi connectivity index (χ3v) is 12.4. The maximum Gasteiger partial charge on any atom is 0.372 e. The van der Waals surface area contributed by atoms with Gasteiger partial charge >= 0.3 is 11.9 Å². The molecule has 0 bridgehead atoms. The standard InChI is InChI=1S/C34H53N2O4/c1-23(7-12-31(37)39-6)28-10-11-29-27-9-8-24-21-26(13-17-33(24,2)30(27)14-18-34(28,29)3)40-32(38)22-36-19-15-25(16-20-36)35(4)5/h15-16,19-20,23-24,26-30H,7-14,17-18,21-22H2,1-6H3/q+1/t23-,24-,26-,27+,28-,29+,30+,33+,34-/m1/s1. The molecule has 4 aliphatic rings. The van der Waals surface area contributed by atoms with Crippen molar-refractivity contribution in [3.8, 4) is 0 Å². The van der Waals surface area contributed by atoms with Crippen LogP contribution in [0.1, 0.15) is 91.4 Å². The Balaban J connectivity index is 1.18. The second kappa shape index (κ2) is 11.6. The van der Waals surface area contributed by atoms with Crippen LogP contribution in [0.5, 0.6) is 0 Å². The van der Waals surface area contributed by atoms with E-state index in [1.807, 2.05) is 43.2 Å². The molecule has 0 aromatic carbocycles. The van der Waals surface area contributed by atoms with Crippen LogP contribution in [-0.4, -0.2) is 39.2 Å². The van der Waals surface area contributed by atoms with Gasteiger partial charge in [0.15, 0.2) is 12.4 Å². The number of methoxy groups -OCH3 is 1. The van der Waals surface area contributed by atoms with Gasteiger partial charge in [-0.1, -0.05) is 20.8 Å². The zero-order chi connectivity index (χ0) is 28.7. The summed E-state index contributed by atoms with van der Waals surface area (Å²) in [4.78, 5) is 26.7. The van der Waals surface area contributed by atoms with Crippen molar-refractivity contribution in [1.82, 2.24) is 0 Å². The van der Waals surface area contributed by atoms with E-state index in [1.54, 1.807) is 0 Å². The van der Waals surface area contributed by atoms with Crippen LogP contribution in [0, 0.1) is 46.3 Å². The smallest absolute Gasteiger partial charge is 0.372 e. The van der Waals surface area contributed by atoms with Gasteiger partial charge < -0.3 is 14.4 Å². The molecule has 40 heavy (non-hydrogen) atoms. The topological polar surface area (TPSA) is 59.7 Å². The minimum atomic E-state index is -0.114. The molecule has 9 atom stereocenters. The zero-order valence-corrected chi connectivity index (χ0v) is 25.9. The van der Waals surface area contributed by atoms with E-state index in [0.29, 0.717) is 29.1 Å². The molecule has 5 rings (SSSR count). The Bertz CT molecular complexity index is 1060. The van der Waals surface area contributed by atoms with E-state index in [2.05, 4.69) is 25.7 Å². The Morgan fingerprint density at radius 3 is 2.38 bits per heavy atom. The molecule has 0 spiro atoms. The third kappa shape index (κ3) is 5.53. The Morgan fingerprint density at radius 2 is 1.68 bits per heavy atom. The van der Waals surface area contributed by atoms with Crippen molar-refractivity contribution in [2.24, 2.45) is 46.3 Å². The number of hydrogen-bond acceptors (Lipinski definition) is 5. The fraction of sp³-hybridized carbons (Fsp3) is 0.794. The molecule has 222 valence electrons. The molecular formula is C34H53N2O4+. The quantitative estimate of drug-likeness (QED) is 0.283. The SMILES string of the molecule is COC(=O)CC[C@@H](C)[C@H]1CC[C@H]2[C@@H]3CC[C@@H]4C[C@H](OC(=O)C[n+]5ccc(N(C)C)cc5)CC[C@]4(C)[C@H]3CC[C@]12C. The molecule has 4 saturated carbocycles. The summed E-state index contributed by atoms with van der Waals surface area (Å²) in [7, 11) is 5.54. The second-order valence-electron chi connectivity index (χ2n) is 14.5. The molecule has 1 aromatic heterocycles. The number of fused-ring (bicyclic) bond motifs is 5. The molecule has 1 heterocycles. The van der Waals surface area contributed by atoms with Crippen molar-refractivity contribution in [3.63, 3.8) is 0 Å². The molecule has 0 saturated heterocycles. The predicted molar refractivity (Wildman–Crippen MR) is 156 cm³/mol. The summed E-state index contributed by atoms with van der Waals surface area (Å²) in [5.41, 5.74) is 1.91. The Hall–Kier alpha value is -2.11. The number of ether oxygens (including phenoxy) is 2. The van der Waals surface area contributed by atoms with Crippen molar-refractivity contribution < 1.29 is 23.6 Å². The summed E-state index contributed by atoms with van der Waals surface area (Å²) < 4.78 is 12.9. The molecular weight excluding hydrogens is 500 g/mol. The fourth-order valence-corrected chi connectivity index (χ4v) is 10.2. The van der Waals surface area contributed by atoms with Gasteiger partial charge in [-0.05, 0) is 111 Å². The number of pyridine rings is 1.